The number of amides is 2. The van der Waals surface area contributed by atoms with Crippen LogP contribution in [0.1, 0.15) is 30.4 Å². The Hall–Kier alpha value is -4.80. The van der Waals surface area contributed by atoms with Crippen LogP contribution in [0.4, 0.5) is 31.7 Å². The Bertz CT molecular complexity index is 1590. The Morgan fingerprint density at radius 1 is 1.05 bits per heavy atom. The van der Waals surface area contributed by atoms with Crippen LogP contribution in [0.3, 0.4) is 0 Å². The second-order valence-corrected chi connectivity index (χ2v) is 9.30. The second-order valence-electron chi connectivity index (χ2n) is 9.30. The Balaban J connectivity index is 1.27. The molecule has 38 heavy (non-hydrogen) atoms. The lowest BCUT2D eigenvalue weighted by atomic mass is 10.1. The van der Waals surface area contributed by atoms with Crippen LogP contribution in [0.5, 0.6) is 0 Å². The first kappa shape index (κ1) is 23.6. The Morgan fingerprint density at radius 3 is 2.55 bits per heavy atom. The van der Waals surface area contributed by atoms with Gasteiger partial charge in [-0.15, -0.1) is 0 Å². The minimum Gasteiger partial charge on any atom is -0.382 e. The summed E-state index contributed by atoms with van der Waals surface area (Å²) >= 11 is 0. The molecule has 1 saturated heterocycles. The van der Waals surface area contributed by atoms with E-state index in [2.05, 4.69) is 31.3 Å². The predicted octanol–water partition coefficient (Wildman–Crippen LogP) is 4.37. The minimum absolute atomic E-state index is 0.0149. The lowest BCUT2D eigenvalue weighted by Gasteiger charge is -2.15. The molecule has 11 heteroatoms. The summed E-state index contributed by atoms with van der Waals surface area (Å²) in [5, 5.41) is 16.4. The molecule has 0 unspecified atom stereocenters. The molecule has 9 nitrogen and oxygen atoms in total. The lowest BCUT2D eigenvalue weighted by Crippen LogP contribution is -2.19. The summed E-state index contributed by atoms with van der Waals surface area (Å²) in [7, 11) is 0. The lowest BCUT2D eigenvalue weighted by molar-refractivity contribution is -0.124. The number of carbonyl (C=O) groups excluding carboxylic acids is 2. The number of hydrogen-bond acceptors (Lipinski definition) is 7. The molecule has 0 bridgehead atoms. The topological polar surface area (TPSA) is 112 Å². The molecule has 192 valence electrons. The van der Waals surface area contributed by atoms with E-state index in [1.165, 1.54) is 18.2 Å². The highest BCUT2D eigenvalue weighted by Gasteiger charge is 2.24. The van der Waals surface area contributed by atoms with E-state index in [1.807, 2.05) is 18.2 Å². The van der Waals surface area contributed by atoms with Crippen molar-refractivity contribution in [2.45, 2.75) is 31.8 Å². The van der Waals surface area contributed by atoms with Crippen LogP contribution < -0.4 is 21.3 Å². The Morgan fingerprint density at radius 2 is 1.82 bits per heavy atom. The summed E-state index contributed by atoms with van der Waals surface area (Å²) < 4.78 is 29.8. The molecule has 1 aliphatic carbocycles. The Labute approximate surface area is 216 Å². The maximum absolute atomic E-state index is 14.1. The first-order valence-electron chi connectivity index (χ1n) is 12.2. The zero-order valence-corrected chi connectivity index (χ0v) is 20.1. The van der Waals surface area contributed by atoms with E-state index in [4.69, 9.17) is 0 Å². The summed E-state index contributed by atoms with van der Waals surface area (Å²) in [6, 6.07) is 11.6. The van der Waals surface area contributed by atoms with Gasteiger partial charge in [-0.1, -0.05) is 6.07 Å². The fraction of sp³-hybridized carbons (Fsp3) is 0.185. The van der Waals surface area contributed by atoms with Crippen LogP contribution in [0.2, 0.25) is 0 Å². The normalized spacial score (nSPS) is 16.2. The van der Waals surface area contributed by atoms with Crippen LogP contribution in [-0.2, 0) is 16.1 Å². The number of nitrogens with zero attached hydrogens (tertiary/aromatic N) is 3. The van der Waals surface area contributed by atoms with Gasteiger partial charge in [0.15, 0.2) is 5.65 Å². The first-order chi connectivity index (χ1) is 18.4. The number of fused-ring (bicyclic) bond motifs is 1. The SMILES string of the molecule is O=C1C/C(=C/c2cnn3ccc(Nc4cc(NCc5c(F)cccc5F)cc(NC5CC5)c4)nc23)C(=O)N1. The molecule has 2 aromatic carbocycles. The predicted molar refractivity (Wildman–Crippen MR) is 139 cm³/mol. The van der Waals surface area contributed by atoms with Gasteiger partial charge >= 0.3 is 0 Å². The summed E-state index contributed by atoms with van der Waals surface area (Å²) in [6.45, 7) is -0.0149. The van der Waals surface area contributed by atoms with E-state index in [9.17, 15) is 18.4 Å². The van der Waals surface area contributed by atoms with Crippen LogP contribution in [0.25, 0.3) is 11.7 Å². The molecule has 2 aliphatic rings. The van der Waals surface area contributed by atoms with E-state index in [1.54, 1.807) is 29.1 Å². The molecule has 2 aromatic heterocycles. The molecule has 0 radical (unpaired) electrons. The summed E-state index contributed by atoms with van der Waals surface area (Å²) in [5.74, 6) is -1.44. The third-order valence-electron chi connectivity index (χ3n) is 6.31. The quantitative estimate of drug-likeness (QED) is 0.204. The number of carbonyl (C=O) groups is 2. The number of anilines is 4. The first-order valence-corrected chi connectivity index (χ1v) is 12.2. The maximum Gasteiger partial charge on any atom is 0.254 e. The van der Waals surface area contributed by atoms with Gasteiger partial charge in [0.05, 0.1) is 12.6 Å². The van der Waals surface area contributed by atoms with E-state index in [-0.39, 0.29) is 24.4 Å². The molecule has 2 fully saturated rings. The molecule has 4 aromatic rings. The monoisotopic (exact) mass is 515 g/mol. The molecule has 0 atom stereocenters. The smallest absolute Gasteiger partial charge is 0.254 e. The standard InChI is InChI=1S/C27H23F2N7O2/c28-22-2-1-3-23(29)21(22)14-30-18-10-19(32-17-4-5-17)12-20(11-18)33-24-6-7-36-26(34-24)16(13-31-36)8-15-9-25(37)35-27(15)38/h1-3,6-8,10-13,17,30,32H,4-5,9,14H2,(H,33,34)(H,35,37,38)/b15-8-. The highest BCUT2D eigenvalue weighted by Crippen LogP contribution is 2.31. The van der Waals surface area contributed by atoms with Gasteiger partial charge in [-0.2, -0.15) is 5.10 Å². The molecule has 3 heterocycles. The molecule has 1 aliphatic heterocycles. The highest BCUT2D eigenvalue weighted by atomic mass is 19.1. The molecular weight excluding hydrogens is 492 g/mol. The van der Waals surface area contributed by atoms with Crippen molar-refractivity contribution in [2.24, 2.45) is 0 Å². The van der Waals surface area contributed by atoms with E-state index < -0.39 is 17.5 Å². The van der Waals surface area contributed by atoms with E-state index in [0.717, 1.165) is 18.5 Å². The average molecular weight is 516 g/mol. The molecule has 2 amide bonds. The van der Waals surface area contributed by atoms with Gasteiger partial charge in [0.25, 0.3) is 5.91 Å². The van der Waals surface area contributed by atoms with Crippen molar-refractivity contribution in [3.8, 4) is 0 Å². The number of hydrogen-bond donors (Lipinski definition) is 4. The van der Waals surface area contributed by atoms with Crippen molar-refractivity contribution in [3.63, 3.8) is 0 Å². The molecular formula is C27H23F2N7O2. The van der Waals surface area contributed by atoms with Gasteiger partial charge in [0.1, 0.15) is 17.5 Å². The van der Waals surface area contributed by atoms with Crippen molar-refractivity contribution < 1.29 is 18.4 Å². The summed E-state index contributed by atoms with van der Waals surface area (Å²) in [4.78, 5) is 28.2. The van der Waals surface area contributed by atoms with Gasteiger partial charge < -0.3 is 16.0 Å². The molecule has 0 spiro atoms. The summed E-state index contributed by atoms with van der Waals surface area (Å²) in [6.07, 6.45) is 7.12. The van der Waals surface area contributed by atoms with Crippen molar-refractivity contribution in [2.75, 3.05) is 16.0 Å². The van der Waals surface area contributed by atoms with Gasteiger partial charge in [0.2, 0.25) is 5.91 Å². The van der Waals surface area contributed by atoms with Crippen LogP contribution in [0.15, 0.2) is 60.4 Å². The number of halogens is 2. The number of rotatable bonds is 8. The zero-order valence-electron chi connectivity index (χ0n) is 20.1. The minimum atomic E-state index is -0.605. The van der Waals surface area contributed by atoms with Crippen LogP contribution in [0, 0.1) is 11.6 Å². The van der Waals surface area contributed by atoms with Crippen molar-refractivity contribution >= 4 is 46.4 Å². The number of imide groups is 1. The van der Waals surface area contributed by atoms with Crippen LogP contribution in [-0.4, -0.2) is 32.5 Å². The van der Waals surface area contributed by atoms with Gasteiger partial charge in [-0.05, 0) is 55.3 Å². The van der Waals surface area contributed by atoms with Crippen molar-refractivity contribution in [1.82, 2.24) is 19.9 Å². The maximum atomic E-state index is 14.1. The third kappa shape index (κ3) is 5.03. The molecule has 6 rings (SSSR count). The van der Waals surface area contributed by atoms with E-state index in [0.29, 0.717) is 40.0 Å². The number of benzene rings is 2. The van der Waals surface area contributed by atoms with Crippen molar-refractivity contribution in [3.05, 3.63) is 83.2 Å². The van der Waals surface area contributed by atoms with Gasteiger partial charge in [0, 0.05) is 52.5 Å². The fourth-order valence-corrected chi connectivity index (χ4v) is 4.25. The highest BCUT2D eigenvalue weighted by molar-refractivity contribution is 6.15. The molecule has 1 saturated carbocycles. The average Bonchev–Trinajstić information content (AvgIpc) is 3.52. The van der Waals surface area contributed by atoms with Crippen molar-refractivity contribution in [1.29, 1.82) is 0 Å². The van der Waals surface area contributed by atoms with Gasteiger partial charge in [-0.25, -0.2) is 18.3 Å². The van der Waals surface area contributed by atoms with Crippen LogP contribution >= 0.6 is 0 Å². The zero-order chi connectivity index (χ0) is 26.2. The molecule has 4 N–H and O–H groups in total. The third-order valence-corrected chi connectivity index (χ3v) is 6.31. The van der Waals surface area contributed by atoms with Gasteiger partial charge in [-0.3, -0.25) is 14.9 Å². The summed E-state index contributed by atoms with van der Waals surface area (Å²) in [5.41, 5.74) is 3.68. The second kappa shape index (κ2) is 9.58. The largest absolute Gasteiger partial charge is 0.382 e. The van der Waals surface area contributed by atoms with E-state index >= 15 is 0 Å². The fourth-order valence-electron chi connectivity index (χ4n) is 4.25. The number of aromatic nitrogens is 3. The number of nitrogens with one attached hydrogen (secondary N) is 4. The Kier molecular flexibility index (Phi) is 5.95.